The van der Waals surface area contributed by atoms with Crippen LogP contribution in [0.4, 0.5) is 5.69 Å². The number of benzene rings is 3. The van der Waals surface area contributed by atoms with Crippen LogP contribution in [0.3, 0.4) is 0 Å². The molecule has 3 rings (SSSR count). The fourth-order valence-electron chi connectivity index (χ4n) is 4.48. The Morgan fingerprint density at radius 2 is 1.56 bits per heavy atom. The fraction of sp³-hybridized carbons (Fsp3) is 0.355. The van der Waals surface area contributed by atoms with Gasteiger partial charge in [-0.2, -0.15) is 0 Å². The molecular weight excluding hydrogens is 581 g/mol. The van der Waals surface area contributed by atoms with Gasteiger partial charge in [0, 0.05) is 23.1 Å². The zero-order valence-electron chi connectivity index (χ0n) is 23.9. The third kappa shape index (κ3) is 8.71. The summed E-state index contributed by atoms with van der Waals surface area (Å²) in [4.78, 5) is 28.9. The van der Waals surface area contributed by atoms with E-state index in [4.69, 9.17) is 23.2 Å². The van der Waals surface area contributed by atoms with Crippen molar-refractivity contribution in [2.24, 2.45) is 0 Å². The van der Waals surface area contributed by atoms with Gasteiger partial charge in [0.05, 0.1) is 10.6 Å². The number of unbranched alkanes of at least 4 members (excludes halogenated alkanes) is 1. The Morgan fingerprint density at radius 1 is 0.902 bits per heavy atom. The molecular formula is C31H37Cl2N3O4S. The SMILES string of the molecule is CCCCNC(=O)C(CC)N(Cc1cccc(C)c1)C(=O)CN(c1cc(Cl)cc(Cl)c1)S(=O)(=O)c1ccc(C)cc1. The number of hydrogen-bond acceptors (Lipinski definition) is 4. The van der Waals surface area contributed by atoms with E-state index in [-0.39, 0.29) is 33.1 Å². The van der Waals surface area contributed by atoms with Gasteiger partial charge < -0.3 is 10.2 Å². The predicted octanol–water partition coefficient (Wildman–Crippen LogP) is 6.53. The Balaban J connectivity index is 2.07. The van der Waals surface area contributed by atoms with Crippen LogP contribution in [-0.4, -0.2) is 44.3 Å². The summed E-state index contributed by atoms with van der Waals surface area (Å²) in [6, 6.07) is 17.6. The number of anilines is 1. The highest BCUT2D eigenvalue weighted by Crippen LogP contribution is 2.30. The molecule has 0 aliphatic carbocycles. The number of nitrogens with zero attached hydrogens (tertiary/aromatic N) is 2. The van der Waals surface area contributed by atoms with E-state index < -0.39 is 28.5 Å². The summed E-state index contributed by atoms with van der Waals surface area (Å²) in [7, 11) is -4.21. The zero-order chi connectivity index (χ0) is 30.2. The average Bonchev–Trinajstić information content (AvgIpc) is 2.91. The van der Waals surface area contributed by atoms with Gasteiger partial charge in [0.15, 0.2) is 0 Å². The highest BCUT2D eigenvalue weighted by molar-refractivity contribution is 7.92. The molecule has 0 fully saturated rings. The first-order valence-electron chi connectivity index (χ1n) is 13.6. The number of nitrogens with one attached hydrogen (secondary N) is 1. The summed E-state index contributed by atoms with van der Waals surface area (Å²) in [5.41, 5.74) is 2.87. The van der Waals surface area contributed by atoms with Crippen LogP contribution < -0.4 is 9.62 Å². The lowest BCUT2D eigenvalue weighted by Gasteiger charge is -2.33. The first-order chi connectivity index (χ1) is 19.5. The Bertz CT molecular complexity index is 1440. The van der Waals surface area contributed by atoms with Crippen LogP contribution >= 0.6 is 23.2 Å². The van der Waals surface area contributed by atoms with Gasteiger partial charge >= 0.3 is 0 Å². The molecule has 0 saturated heterocycles. The minimum Gasteiger partial charge on any atom is -0.354 e. The second kappa shape index (κ2) is 14.7. The molecule has 3 aromatic rings. The van der Waals surface area contributed by atoms with Gasteiger partial charge in [0.1, 0.15) is 12.6 Å². The molecule has 0 aliphatic rings. The van der Waals surface area contributed by atoms with Crippen LogP contribution in [0.15, 0.2) is 71.6 Å². The van der Waals surface area contributed by atoms with Gasteiger partial charge in [-0.3, -0.25) is 13.9 Å². The van der Waals surface area contributed by atoms with Crippen LogP contribution in [0.1, 0.15) is 49.8 Å². The van der Waals surface area contributed by atoms with E-state index in [1.165, 1.54) is 35.2 Å². The summed E-state index contributed by atoms with van der Waals surface area (Å²) < 4.78 is 28.9. The van der Waals surface area contributed by atoms with Crippen molar-refractivity contribution in [3.05, 3.63) is 93.5 Å². The summed E-state index contributed by atoms with van der Waals surface area (Å²) in [5, 5.41) is 3.38. The molecule has 10 heteroatoms. The Kier molecular flexibility index (Phi) is 11.6. The quantitative estimate of drug-likeness (QED) is 0.221. The van der Waals surface area contributed by atoms with Crippen LogP contribution in [0.5, 0.6) is 0 Å². The summed E-state index contributed by atoms with van der Waals surface area (Å²) in [6.45, 7) is 7.73. The van der Waals surface area contributed by atoms with E-state index in [2.05, 4.69) is 5.32 Å². The van der Waals surface area contributed by atoms with Crippen molar-refractivity contribution in [3.63, 3.8) is 0 Å². The Labute approximate surface area is 253 Å². The molecule has 0 bridgehead atoms. The molecule has 7 nitrogen and oxygen atoms in total. The number of rotatable bonds is 13. The summed E-state index contributed by atoms with van der Waals surface area (Å²) in [6.07, 6.45) is 2.08. The number of carbonyl (C=O) groups excluding carboxylic acids is 2. The van der Waals surface area contributed by atoms with Crippen LogP contribution in [-0.2, 0) is 26.2 Å². The maximum atomic E-state index is 14.1. The monoisotopic (exact) mass is 617 g/mol. The van der Waals surface area contributed by atoms with Gasteiger partial charge in [0.2, 0.25) is 11.8 Å². The standard InChI is InChI=1S/C31H37Cl2N3O4S/c1-5-7-15-34-31(38)29(6-2)35(20-24-10-8-9-23(4)16-24)30(37)21-36(27-18-25(32)17-26(33)19-27)41(39,40)28-13-11-22(3)12-14-28/h8-14,16-19,29H,5-7,15,20-21H2,1-4H3,(H,34,38). The molecule has 1 unspecified atom stereocenters. The molecule has 0 aliphatic heterocycles. The van der Waals surface area contributed by atoms with Crippen molar-refractivity contribution in [1.82, 2.24) is 10.2 Å². The number of hydrogen-bond donors (Lipinski definition) is 1. The van der Waals surface area contributed by atoms with Gasteiger partial charge in [-0.15, -0.1) is 0 Å². The maximum Gasteiger partial charge on any atom is 0.264 e. The third-order valence-electron chi connectivity index (χ3n) is 6.67. The lowest BCUT2D eigenvalue weighted by Crippen LogP contribution is -2.52. The molecule has 0 spiro atoms. The van der Waals surface area contributed by atoms with E-state index in [1.54, 1.807) is 12.1 Å². The number of halogens is 2. The minimum atomic E-state index is -4.21. The number of amides is 2. The fourth-order valence-corrected chi connectivity index (χ4v) is 6.39. The van der Waals surface area contributed by atoms with Gasteiger partial charge in [-0.05, 0) is 62.6 Å². The van der Waals surface area contributed by atoms with Gasteiger partial charge in [0.25, 0.3) is 10.0 Å². The first-order valence-corrected chi connectivity index (χ1v) is 15.8. The van der Waals surface area contributed by atoms with Crippen LogP contribution in [0.2, 0.25) is 10.0 Å². The number of sulfonamides is 1. The molecule has 1 atom stereocenters. The molecule has 0 saturated carbocycles. The van der Waals surface area contributed by atoms with E-state index in [1.807, 2.05) is 52.0 Å². The van der Waals surface area contributed by atoms with Crippen molar-refractivity contribution in [1.29, 1.82) is 0 Å². The van der Waals surface area contributed by atoms with Gasteiger partial charge in [-0.1, -0.05) is 91.0 Å². The topological polar surface area (TPSA) is 86.8 Å². The number of carbonyl (C=O) groups is 2. The molecule has 3 aromatic carbocycles. The Morgan fingerprint density at radius 3 is 2.15 bits per heavy atom. The lowest BCUT2D eigenvalue weighted by molar-refractivity contribution is -0.140. The van der Waals surface area contributed by atoms with Crippen molar-refractivity contribution in [2.75, 3.05) is 17.4 Å². The summed E-state index contributed by atoms with van der Waals surface area (Å²) >= 11 is 12.5. The third-order valence-corrected chi connectivity index (χ3v) is 8.90. The second-order valence-corrected chi connectivity index (χ2v) is 12.8. The van der Waals surface area contributed by atoms with Crippen molar-refractivity contribution < 1.29 is 18.0 Å². The normalized spacial score (nSPS) is 12.0. The van der Waals surface area contributed by atoms with Crippen LogP contribution in [0, 0.1) is 13.8 Å². The molecule has 41 heavy (non-hydrogen) atoms. The molecule has 0 heterocycles. The average molecular weight is 619 g/mol. The van der Waals surface area contributed by atoms with E-state index in [0.717, 1.165) is 33.8 Å². The molecule has 2 amide bonds. The predicted molar refractivity (Wildman–Crippen MR) is 166 cm³/mol. The minimum absolute atomic E-state index is 0.0154. The zero-order valence-corrected chi connectivity index (χ0v) is 26.2. The molecule has 0 aromatic heterocycles. The smallest absolute Gasteiger partial charge is 0.264 e. The highest BCUT2D eigenvalue weighted by atomic mass is 35.5. The first kappa shape index (κ1) is 32.4. The highest BCUT2D eigenvalue weighted by Gasteiger charge is 2.34. The molecule has 1 N–H and O–H groups in total. The van der Waals surface area contributed by atoms with E-state index >= 15 is 0 Å². The Hall–Kier alpha value is -3.07. The molecule has 0 radical (unpaired) electrons. The van der Waals surface area contributed by atoms with Crippen molar-refractivity contribution >= 4 is 50.7 Å². The van der Waals surface area contributed by atoms with Crippen molar-refractivity contribution in [3.8, 4) is 0 Å². The van der Waals surface area contributed by atoms with E-state index in [9.17, 15) is 18.0 Å². The molecule has 220 valence electrons. The maximum absolute atomic E-state index is 14.1. The van der Waals surface area contributed by atoms with Crippen molar-refractivity contribution in [2.45, 2.75) is 64.4 Å². The van der Waals surface area contributed by atoms with Crippen LogP contribution in [0.25, 0.3) is 0 Å². The van der Waals surface area contributed by atoms with Gasteiger partial charge in [-0.25, -0.2) is 8.42 Å². The summed E-state index contributed by atoms with van der Waals surface area (Å²) in [5.74, 6) is -0.809. The largest absolute Gasteiger partial charge is 0.354 e. The second-order valence-electron chi connectivity index (χ2n) is 10.0. The number of aryl methyl sites for hydroxylation is 2. The van der Waals surface area contributed by atoms with E-state index in [0.29, 0.717) is 13.0 Å². The lowest BCUT2D eigenvalue weighted by atomic mass is 10.1.